The summed E-state index contributed by atoms with van der Waals surface area (Å²) in [6.07, 6.45) is 0. The van der Waals surface area contributed by atoms with Crippen molar-refractivity contribution in [2.45, 2.75) is 32.6 Å². The first-order chi connectivity index (χ1) is 10.4. The van der Waals surface area contributed by atoms with Crippen molar-refractivity contribution >= 4 is 5.96 Å². The molecule has 7 heteroatoms. The lowest BCUT2D eigenvalue weighted by Crippen LogP contribution is -2.45. The van der Waals surface area contributed by atoms with E-state index in [0.29, 0.717) is 19.0 Å². The molecule has 0 aliphatic heterocycles. The number of benzene rings is 1. The minimum atomic E-state index is -2.83. The third-order valence-corrected chi connectivity index (χ3v) is 3.04. The Bertz CT molecular complexity index is 493. The molecule has 0 unspecified atom stereocenters. The highest BCUT2D eigenvalue weighted by molar-refractivity contribution is 5.79. The molecule has 0 fully saturated rings. The van der Waals surface area contributed by atoms with Crippen LogP contribution in [-0.2, 0) is 11.3 Å². The monoisotopic (exact) mass is 315 g/mol. The highest BCUT2D eigenvalue weighted by Crippen LogP contribution is 2.15. The van der Waals surface area contributed by atoms with Crippen molar-refractivity contribution in [3.05, 3.63) is 29.8 Å². The summed E-state index contributed by atoms with van der Waals surface area (Å²) in [4.78, 5) is 4.10. The van der Waals surface area contributed by atoms with Gasteiger partial charge in [0.25, 0.3) is 0 Å². The maximum Gasteiger partial charge on any atom is 0.387 e. The van der Waals surface area contributed by atoms with Crippen LogP contribution in [0.1, 0.15) is 19.4 Å². The van der Waals surface area contributed by atoms with Gasteiger partial charge in [-0.1, -0.05) is 12.1 Å². The molecule has 0 radical (unpaired) electrons. The van der Waals surface area contributed by atoms with Crippen LogP contribution in [0.3, 0.4) is 0 Å². The topological polar surface area (TPSA) is 54.9 Å². The second-order valence-electron chi connectivity index (χ2n) is 5.27. The summed E-state index contributed by atoms with van der Waals surface area (Å²) in [5, 5.41) is 6.24. The van der Waals surface area contributed by atoms with Crippen LogP contribution < -0.4 is 15.4 Å². The van der Waals surface area contributed by atoms with Crippen LogP contribution in [0, 0.1) is 0 Å². The van der Waals surface area contributed by atoms with Crippen molar-refractivity contribution in [3.8, 4) is 5.75 Å². The van der Waals surface area contributed by atoms with Crippen LogP contribution in [0.5, 0.6) is 5.75 Å². The fourth-order valence-corrected chi connectivity index (χ4v) is 1.61. The SMILES string of the molecule is CN=C(NCc1cccc(OC(F)F)c1)NCC(C)(C)OC. The van der Waals surface area contributed by atoms with Gasteiger partial charge in [0.15, 0.2) is 5.96 Å². The number of alkyl halides is 2. The Morgan fingerprint density at radius 3 is 2.64 bits per heavy atom. The van der Waals surface area contributed by atoms with Gasteiger partial charge < -0.3 is 20.1 Å². The molecule has 0 aliphatic rings. The number of nitrogens with one attached hydrogen (secondary N) is 2. The lowest BCUT2D eigenvalue weighted by molar-refractivity contribution is -0.0498. The van der Waals surface area contributed by atoms with E-state index in [9.17, 15) is 8.78 Å². The zero-order valence-corrected chi connectivity index (χ0v) is 13.3. The molecule has 0 aliphatic carbocycles. The van der Waals surface area contributed by atoms with Crippen LogP contribution in [-0.4, -0.2) is 38.9 Å². The van der Waals surface area contributed by atoms with Gasteiger partial charge in [0.2, 0.25) is 0 Å². The highest BCUT2D eigenvalue weighted by Gasteiger charge is 2.16. The van der Waals surface area contributed by atoms with Crippen molar-refractivity contribution in [1.82, 2.24) is 10.6 Å². The Labute approximate surface area is 129 Å². The summed E-state index contributed by atoms with van der Waals surface area (Å²) < 4.78 is 34.1. The molecule has 0 amide bonds. The fourth-order valence-electron chi connectivity index (χ4n) is 1.61. The first kappa shape index (κ1) is 18.2. The molecule has 0 saturated carbocycles. The van der Waals surface area contributed by atoms with Gasteiger partial charge in [-0.3, -0.25) is 4.99 Å². The van der Waals surface area contributed by atoms with E-state index >= 15 is 0 Å². The van der Waals surface area contributed by atoms with Gasteiger partial charge in [0.1, 0.15) is 5.75 Å². The molecular formula is C15H23F2N3O2. The minimum Gasteiger partial charge on any atom is -0.435 e. The van der Waals surface area contributed by atoms with Crippen LogP contribution in [0.15, 0.2) is 29.3 Å². The van der Waals surface area contributed by atoms with E-state index in [2.05, 4.69) is 20.4 Å². The zero-order valence-electron chi connectivity index (χ0n) is 13.3. The first-order valence-electron chi connectivity index (χ1n) is 6.90. The van der Waals surface area contributed by atoms with E-state index in [0.717, 1.165) is 5.56 Å². The third-order valence-electron chi connectivity index (χ3n) is 3.04. The number of halogens is 2. The number of methoxy groups -OCH3 is 1. The van der Waals surface area contributed by atoms with Gasteiger partial charge in [0, 0.05) is 27.2 Å². The van der Waals surface area contributed by atoms with Crippen LogP contribution in [0.4, 0.5) is 8.78 Å². The molecule has 0 atom stereocenters. The molecule has 22 heavy (non-hydrogen) atoms. The number of guanidine groups is 1. The largest absolute Gasteiger partial charge is 0.435 e. The number of nitrogens with zero attached hydrogens (tertiary/aromatic N) is 1. The van der Waals surface area contributed by atoms with E-state index in [1.165, 1.54) is 6.07 Å². The normalized spacial score (nSPS) is 12.4. The molecule has 1 aromatic rings. The summed E-state index contributed by atoms with van der Waals surface area (Å²) in [6.45, 7) is 2.11. The van der Waals surface area contributed by atoms with Crippen molar-refractivity contribution in [2.75, 3.05) is 20.7 Å². The molecule has 1 aromatic carbocycles. The first-order valence-corrected chi connectivity index (χ1v) is 6.90. The molecule has 0 spiro atoms. The fraction of sp³-hybridized carbons (Fsp3) is 0.533. The number of hydrogen-bond acceptors (Lipinski definition) is 3. The second kappa shape index (κ2) is 8.53. The molecule has 2 N–H and O–H groups in total. The van der Waals surface area contributed by atoms with E-state index in [-0.39, 0.29) is 11.4 Å². The maximum absolute atomic E-state index is 12.2. The zero-order chi connectivity index (χ0) is 16.6. The molecule has 1 rings (SSSR count). The standard InChI is InChI=1S/C15H23F2N3O2/c1-15(2,21-4)10-20-14(18-3)19-9-11-6-5-7-12(8-11)22-13(16)17/h5-8,13H,9-10H2,1-4H3,(H2,18,19,20). The molecule has 0 saturated heterocycles. The van der Waals surface area contributed by atoms with Crippen LogP contribution >= 0.6 is 0 Å². The van der Waals surface area contributed by atoms with Gasteiger partial charge in [0.05, 0.1) is 5.60 Å². The van der Waals surface area contributed by atoms with Crippen LogP contribution in [0.2, 0.25) is 0 Å². The van der Waals surface area contributed by atoms with Gasteiger partial charge in [-0.2, -0.15) is 8.78 Å². The van der Waals surface area contributed by atoms with Gasteiger partial charge in [-0.15, -0.1) is 0 Å². The van der Waals surface area contributed by atoms with E-state index < -0.39 is 6.61 Å². The predicted molar refractivity (Wildman–Crippen MR) is 82.4 cm³/mol. The Balaban J connectivity index is 2.53. The predicted octanol–water partition coefficient (Wildman–Crippen LogP) is 2.38. The number of rotatable bonds is 7. The van der Waals surface area contributed by atoms with Crippen molar-refractivity contribution in [1.29, 1.82) is 0 Å². The van der Waals surface area contributed by atoms with E-state index in [1.807, 2.05) is 19.9 Å². The molecule has 5 nitrogen and oxygen atoms in total. The Kier molecular flexibility index (Phi) is 7.04. The molecule has 0 heterocycles. The Morgan fingerprint density at radius 1 is 1.32 bits per heavy atom. The summed E-state index contributed by atoms with van der Waals surface area (Å²) in [6, 6.07) is 6.53. The summed E-state index contributed by atoms with van der Waals surface area (Å²) in [5.41, 5.74) is 0.495. The highest BCUT2D eigenvalue weighted by atomic mass is 19.3. The van der Waals surface area contributed by atoms with Gasteiger partial charge in [-0.25, -0.2) is 0 Å². The molecule has 0 bridgehead atoms. The molecule has 124 valence electrons. The summed E-state index contributed by atoms with van der Waals surface area (Å²) in [5.74, 6) is 0.739. The van der Waals surface area contributed by atoms with Crippen molar-refractivity contribution < 1.29 is 18.3 Å². The molecular weight excluding hydrogens is 292 g/mol. The number of ether oxygens (including phenoxy) is 2. The smallest absolute Gasteiger partial charge is 0.387 e. The van der Waals surface area contributed by atoms with Gasteiger partial charge >= 0.3 is 6.61 Å². The number of aliphatic imine (C=N–C) groups is 1. The lowest BCUT2D eigenvalue weighted by atomic mass is 10.1. The summed E-state index contributed by atoms with van der Waals surface area (Å²) in [7, 11) is 3.30. The average molecular weight is 315 g/mol. The quantitative estimate of drug-likeness (QED) is 0.599. The molecule has 0 aromatic heterocycles. The van der Waals surface area contributed by atoms with E-state index in [4.69, 9.17) is 4.74 Å². The van der Waals surface area contributed by atoms with Gasteiger partial charge in [-0.05, 0) is 31.5 Å². The average Bonchev–Trinajstić information content (AvgIpc) is 2.47. The minimum absolute atomic E-state index is 0.137. The van der Waals surface area contributed by atoms with Crippen molar-refractivity contribution in [2.24, 2.45) is 4.99 Å². The maximum atomic E-state index is 12.2. The number of hydrogen-bond donors (Lipinski definition) is 2. The Morgan fingerprint density at radius 2 is 2.05 bits per heavy atom. The van der Waals surface area contributed by atoms with Crippen molar-refractivity contribution in [3.63, 3.8) is 0 Å². The van der Waals surface area contributed by atoms with E-state index in [1.54, 1.807) is 26.3 Å². The third kappa shape index (κ3) is 6.71. The Hall–Kier alpha value is -1.89. The van der Waals surface area contributed by atoms with Crippen LogP contribution in [0.25, 0.3) is 0 Å². The summed E-state index contributed by atoms with van der Waals surface area (Å²) >= 11 is 0. The second-order valence-corrected chi connectivity index (χ2v) is 5.27. The lowest BCUT2D eigenvalue weighted by Gasteiger charge is -2.24.